The van der Waals surface area contributed by atoms with Crippen molar-refractivity contribution >= 4 is 0 Å². The summed E-state index contributed by atoms with van der Waals surface area (Å²) < 4.78 is 5.48. The molecule has 3 rings (SSSR count). The molecular weight excluding hydrogens is 138 g/mol. The smallest absolute Gasteiger partial charge is 0.0623 e. The number of ether oxygens (including phenoxy) is 1. The van der Waals surface area contributed by atoms with Gasteiger partial charge in [0.25, 0.3) is 0 Å². The third kappa shape index (κ3) is 0.695. The molecule has 2 aliphatic heterocycles. The molecule has 11 heavy (non-hydrogen) atoms. The van der Waals surface area contributed by atoms with Crippen LogP contribution in [0.4, 0.5) is 0 Å². The first-order valence-electron chi connectivity index (χ1n) is 4.72. The van der Waals surface area contributed by atoms with Crippen LogP contribution in [0.15, 0.2) is 0 Å². The zero-order valence-electron chi connectivity index (χ0n) is 6.81. The molecule has 0 radical (unpaired) electrons. The summed E-state index contributed by atoms with van der Waals surface area (Å²) in [7, 11) is 0. The molecule has 1 spiro atoms. The van der Waals surface area contributed by atoms with Crippen LogP contribution in [-0.4, -0.2) is 25.8 Å². The molecule has 0 bridgehead atoms. The van der Waals surface area contributed by atoms with E-state index in [0.717, 1.165) is 19.1 Å². The molecule has 0 aromatic heterocycles. The Bertz CT molecular complexity index is 176. The summed E-state index contributed by atoms with van der Waals surface area (Å²) in [4.78, 5) is 0. The van der Waals surface area contributed by atoms with E-state index in [1.165, 1.54) is 25.8 Å². The average molecular weight is 153 g/mol. The van der Waals surface area contributed by atoms with E-state index in [0.29, 0.717) is 11.5 Å². The molecule has 0 amide bonds. The monoisotopic (exact) mass is 153 g/mol. The number of fused-ring (bicyclic) bond motifs is 2. The van der Waals surface area contributed by atoms with E-state index in [1.54, 1.807) is 0 Å². The fraction of sp³-hybridized carbons (Fsp3) is 1.00. The maximum absolute atomic E-state index is 5.48. The van der Waals surface area contributed by atoms with Crippen LogP contribution < -0.4 is 5.32 Å². The number of rotatable bonds is 0. The van der Waals surface area contributed by atoms with Crippen LogP contribution in [0.5, 0.6) is 0 Å². The molecule has 1 saturated carbocycles. The standard InChI is InChI=1S/C9H15NO/c1-2-9(3-1)6-10-8-5-11-4-7(8)9/h7-8,10H,1-6H2/t7-,8-/m0/s1. The van der Waals surface area contributed by atoms with Gasteiger partial charge in [0, 0.05) is 18.5 Å². The van der Waals surface area contributed by atoms with E-state index in [-0.39, 0.29) is 0 Å². The van der Waals surface area contributed by atoms with Crippen molar-refractivity contribution in [3.05, 3.63) is 0 Å². The van der Waals surface area contributed by atoms with Gasteiger partial charge in [0.05, 0.1) is 13.2 Å². The van der Waals surface area contributed by atoms with Crippen LogP contribution in [0, 0.1) is 11.3 Å². The minimum absolute atomic E-state index is 0.682. The third-order valence-corrected chi connectivity index (χ3v) is 3.93. The summed E-state index contributed by atoms with van der Waals surface area (Å²) >= 11 is 0. The van der Waals surface area contributed by atoms with Crippen molar-refractivity contribution in [2.45, 2.75) is 25.3 Å². The lowest BCUT2D eigenvalue weighted by Crippen LogP contribution is -2.38. The maximum Gasteiger partial charge on any atom is 0.0623 e. The van der Waals surface area contributed by atoms with Crippen molar-refractivity contribution in [3.63, 3.8) is 0 Å². The summed E-state index contributed by atoms with van der Waals surface area (Å²) in [6.07, 6.45) is 4.35. The van der Waals surface area contributed by atoms with Crippen LogP contribution in [0.2, 0.25) is 0 Å². The van der Waals surface area contributed by atoms with Gasteiger partial charge in [0.15, 0.2) is 0 Å². The first-order valence-corrected chi connectivity index (χ1v) is 4.72. The first kappa shape index (κ1) is 6.44. The van der Waals surface area contributed by atoms with Crippen molar-refractivity contribution in [3.8, 4) is 0 Å². The Hall–Kier alpha value is -0.0800. The number of nitrogens with one attached hydrogen (secondary N) is 1. The molecule has 2 heterocycles. The van der Waals surface area contributed by atoms with Gasteiger partial charge in [-0.05, 0) is 18.3 Å². The second-order valence-corrected chi connectivity index (χ2v) is 4.35. The third-order valence-electron chi connectivity index (χ3n) is 3.93. The Morgan fingerprint density at radius 2 is 2.18 bits per heavy atom. The maximum atomic E-state index is 5.48. The predicted octanol–water partition coefficient (Wildman–Crippen LogP) is 0.775. The highest BCUT2D eigenvalue weighted by Crippen LogP contribution is 2.52. The van der Waals surface area contributed by atoms with Gasteiger partial charge in [-0.2, -0.15) is 0 Å². The van der Waals surface area contributed by atoms with Gasteiger partial charge in [-0.15, -0.1) is 0 Å². The fourth-order valence-electron chi connectivity index (χ4n) is 3.00. The van der Waals surface area contributed by atoms with E-state index >= 15 is 0 Å². The summed E-state index contributed by atoms with van der Waals surface area (Å²) in [6, 6.07) is 0.704. The summed E-state index contributed by atoms with van der Waals surface area (Å²) in [5.41, 5.74) is 0.682. The SMILES string of the molecule is C1CC2(C1)CN[C@H]1COC[C@@H]12. The van der Waals surface area contributed by atoms with Crippen LogP contribution in [0.25, 0.3) is 0 Å². The highest BCUT2D eigenvalue weighted by Gasteiger charge is 2.53. The van der Waals surface area contributed by atoms with Crippen molar-refractivity contribution in [1.82, 2.24) is 5.32 Å². The van der Waals surface area contributed by atoms with Gasteiger partial charge < -0.3 is 10.1 Å². The van der Waals surface area contributed by atoms with Crippen LogP contribution in [-0.2, 0) is 4.74 Å². The zero-order valence-corrected chi connectivity index (χ0v) is 6.81. The summed E-state index contributed by atoms with van der Waals surface area (Å²) in [5, 5.41) is 3.59. The highest BCUT2D eigenvalue weighted by molar-refractivity contribution is 5.06. The molecule has 3 aliphatic rings. The Labute approximate surface area is 67.3 Å². The predicted molar refractivity (Wildman–Crippen MR) is 42.4 cm³/mol. The zero-order chi connectivity index (χ0) is 7.31. The lowest BCUT2D eigenvalue weighted by atomic mass is 9.62. The van der Waals surface area contributed by atoms with Crippen molar-refractivity contribution < 1.29 is 4.74 Å². The fourth-order valence-corrected chi connectivity index (χ4v) is 3.00. The molecule has 0 aromatic carbocycles. The van der Waals surface area contributed by atoms with Crippen molar-refractivity contribution in [2.24, 2.45) is 11.3 Å². The Balaban J connectivity index is 1.86. The van der Waals surface area contributed by atoms with Crippen LogP contribution >= 0.6 is 0 Å². The van der Waals surface area contributed by atoms with Gasteiger partial charge in [-0.3, -0.25) is 0 Å². The molecule has 2 atom stereocenters. The van der Waals surface area contributed by atoms with E-state index in [2.05, 4.69) is 5.32 Å². The van der Waals surface area contributed by atoms with E-state index in [4.69, 9.17) is 4.74 Å². The quantitative estimate of drug-likeness (QED) is 0.555. The van der Waals surface area contributed by atoms with E-state index in [1.807, 2.05) is 0 Å². The molecule has 2 saturated heterocycles. The van der Waals surface area contributed by atoms with Gasteiger partial charge >= 0.3 is 0 Å². The van der Waals surface area contributed by atoms with Crippen LogP contribution in [0.1, 0.15) is 19.3 Å². The molecule has 2 nitrogen and oxygen atoms in total. The Morgan fingerprint density at radius 3 is 2.91 bits per heavy atom. The number of hydrogen-bond acceptors (Lipinski definition) is 2. The molecule has 0 unspecified atom stereocenters. The van der Waals surface area contributed by atoms with E-state index in [9.17, 15) is 0 Å². The van der Waals surface area contributed by atoms with Crippen LogP contribution in [0.3, 0.4) is 0 Å². The topological polar surface area (TPSA) is 21.3 Å². The second-order valence-electron chi connectivity index (χ2n) is 4.35. The second kappa shape index (κ2) is 1.99. The lowest BCUT2D eigenvalue weighted by molar-refractivity contribution is 0.0656. The van der Waals surface area contributed by atoms with Crippen molar-refractivity contribution in [2.75, 3.05) is 19.8 Å². The molecule has 2 heteroatoms. The van der Waals surface area contributed by atoms with Crippen molar-refractivity contribution in [1.29, 1.82) is 0 Å². The first-order chi connectivity index (χ1) is 5.41. The normalized spacial score (nSPS) is 45.8. The minimum Gasteiger partial charge on any atom is -0.379 e. The molecular formula is C9H15NO. The Morgan fingerprint density at radius 1 is 1.27 bits per heavy atom. The molecule has 62 valence electrons. The van der Waals surface area contributed by atoms with Gasteiger partial charge in [-0.25, -0.2) is 0 Å². The van der Waals surface area contributed by atoms with Gasteiger partial charge in [-0.1, -0.05) is 6.42 Å². The van der Waals surface area contributed by atoms with E-state index < -0.39 is 0 Å². The average Bonchev–Trinajstić information content (AvgIpc) is 2.38. The number of hydrogen-bond donors (Lipinski definition) is 1. The van der Waals surface area contributed by atoms with Gasteiger partial charge in [0.1, 0.15) is 0 Å². The van der Waals surface area contributed by atoms with Gasteiger partial charge in [0.2, 0.25) is 0 Å². The minimum atomic E-state index is 0.682. The largest absolute Gasteiger partial charge is 0.379 e. The lowest BCUT2D eigenvalue weighted by Gasteiger charge is -2.42. The summed E-state index contributed by atoms with van der Waals surface area (Å²) in [6.45, 7) is 3.26. The molecule has 3 fully saturated rings. The highest BCUT2D eigenvalue weighted by atomic mass is 16.5. The molecule has 1 N–H and O–H groups in total. The molecule has 0 aromatic rings. The summed E-state index contributed by atoms with van der Waals surface area (Å²) in [5.74, 6) is 0.858. The molecule has 1 aliphatic carbocycles. The Kier molecular flexibility index (Phi) is 1.16.